The first-order chi connectivity index (χ1) is 7.72. The van der Waals surface area contributed by atoms with Gasteiger partial charge in [-0.2, -0.15) is 0 Å². The van der Waals surface area contributed by atoms with E-state index in [0.717, 1.165) is 5.56 Å². The van der Waals surface area contributed by atoms with Gasteiger partial charge >= 0.3 is 0 Å². The maximum Gasteiger partial charge on any atom is 0.127 e. The maximum absolute atomic E-state index is 13.7. The van der Waals surface area contributed by atoms with Gasteiger partial charge in [0.2, 0.25) is 0 Å². The molecule has 0 radical (unpaired) electrons. The van der Waals surface area contributed by atoms with Gasteiger partial charge in [0.15, 0.2) is 0 Å². The second-order valence-corrected chi connectivity index (χ2v) is 4.03. The maximum atomic E-state index is 13.7. The average molecular weight is 239 g/mol. The van der Waals surface area contributed by atoms with Gasteiger partial charge in [-0.15, -0.1) is 0 Å². The quantitative estimate of drug-likeness (QED) is 0.848. The van der Waals surface area contributed by atoms with Gasteiger partial charge in [0.1, 0.15) is 5.82 Å². The van der Waals surface area contributed by atoms with Crippen LogP contribution in [0, 0.1) is 5.82 Å². The second kappa shape index (κ2) is 4.68. The van der Waals surface area contributed by atoms with Gasteiger partial charge in [0, 0.05) is 29.9 Å². The number of halogens is 2. The Hall–Kier alpha value is -1.32. The molecule has 0 saturated heterocycles. The van der Waals surface area contributed by atoms with Crippen molar-refractivity contribution in [3.8, 4) is 0 Å². The van der Waals surface area contributed by atoms with Gasteiger partial charge < -0.3 is 10.7 Å². The van der Waals surface area contributed by atoms with Crippen LogP contribution in [-0.4, -0.2) is 11.5 Å². The standard InChI is InChI=1S/C12H12ClFN2/c13-9-1-2-12(14)10(5-9)11(6-15)8-3-4-16-7-8/h1-5,7,11,16H,6,15H2. The zero-order valence-electron chi connectivity index (χ0n) is 8.58. The predicted molar refractivity (Wildman–Crippen MR) is 63.1 cm³/mol. The Morgan fingerprint density at radius 2 is 2.19 bits per heavy atom. The Balaban J connectivity index is 2.44. The van der Waals surface area contributed by atoms with Gasteiger partial charge in [-0.3, -0.25) is 0 Å². The third-order valence-electron chi connectivity index (χ3n) is 2.59. The Morgan fingerprint density at radius 1 is 1.38 bits per heavy atom. The summed E-state index contributed by atoms with van der Waals surface area (Å²) in [6, 6.07) is 6.41. The molecule has 0 aliphatic rings. The van der Waals surface area contributed by atoms with Crippen molar-refractivity contribution in [2.24, 2.45) is 5.73 Å². The van der Waals surface area contributed by atoms with E-state index < -0.39 is 0 Å². The minimum Gasteiger partial charge on any atom is -0.367 e. The Morgan fingerprint density at radius 3 is 2.81 bits per heavy atom. The third-order valence-corrected chi connectivity index (χ3v) is 2.83. The van der Waals surface area contributed by atoms with Gasteiger partial charge in [-0.05, 0) is 35.4 Å². The normalized spacial score (nSPS) is 12.7. The van der Waals surface area contributed by atoms with Crippen LogP contribution in [0.5, 0.6) is 0 Å². The first-order valence-electron chi connectivity index (χ1n) is 5.00. The number of nitrogens with two attached hydrogens (primary N) is 1. The number of aromatic nitrogens is 1. The van der Waals surface area contributed by atoms with Gasteiger partial charge in [-0.1, -0.05) is 11.6 Å². The monoisotopic (exact) mass is 238 g/mol. The van der Waals surface area contributed by atoms with Gasteiger partial charge in [-0.25, -0.2) is 4.39 Å². The van der Waals surface area contributed by atoms with Gasteiger partial charge in [0.05, 0.1) is 0 Å². The summed E-state index contributed by atoms with van der Waals surface area (Å²) in [7, 11) is 0. The summed E-state index contributed by atoms with van der Waals surface area (Å²) in [6.45, 7) is 0.342. The van der Waals surface area contributed by atoms with Crippen molar-refractivity contribution >= 4 is 11.6 Å². The molecule has 1 heterocycles. The molecule has 0 aliphatic carbocycles. The molecule has 1 atom stereocenters. The van der Waals surface area contributed by atoms with Crippen LogP contribution in [-0.2, 0) is 0 Å². The van der Waals surface area contributed by atoms with Crippen molar-refractivity contribution in [3.05, 3.63) is 58.6 Å². The summed E-state index contributed by atoms with van der Waals surface area (Å²) in [6.07, 6.45) is 3.61. The molecular weight excluding hydrogens is 227 g/mol. The molecule has 0 bridgehead atoms. The summed E-state index contributed by atoms with van der Waals surface area (Å²) in [5, 5.41) is 0.519. The fourth-order valence-corrected chi connectivity index (χ4v) is 1.96. The molecule has 0 aliphatic heterocycles. The second-order valence-electron chi connectivity index (χ2n) is 3.60. The van der Waals surface area contributed by atoms with Crippen LogP contribution in [0.1, 0.15) is 17.0 Å². The number of hydrogen-bond acceptors (Lipinski definition) is 1. The molecule has 0 spiro atoms. The lowest BCUT2D eigenvalue weighted by atomic mass is 9.93. The Bertz CT molecular complexity index is 468. The minimum atomic E-state index is -0.277. The molecule has 0 amide bonds. The van der Waals surface area contributed by atoms with E-state index in [-0.39, 0.29) is 11.7 Å². The number of hydrogen-bond donors (Lipinski definition) is 2. The van der Waals surface area contributed by atoms with Crippen LogP contribution in [0.2, 0.25) is 5.02 Å². The van der Waals surface area contributed by atoms with Crippen molar-refractivity contribution in [1.29, 1.82) is 0 Å². The number of nitrogens with one attached hydrogen (secondary N) is 1. The van der Waals surface area contributed by atoms with E-state index in [0.29, 0.717) is 17.1 Å². The van der Waals surface area contributed by atoms with Crippen LogP contribution >= 0.6 is 11.6 Å². The molecule has 2 rings (SSSR count). The van der Waals surface area contributed by atoms with Crippen LogP contribution in [0.4, 0.5) is 4.39 Å². The fourth-order valence-electron chi connectivity index (χ4n) is 1.78. The number of H-pyrrole nitrogens is 1. The molecule has 1 aromatic heterocycles. The highest BCUT2D eigenvalue weighted by molar-refractivity contribution is 6.30. The molecule has 2 nitrogen and oxygen atoms in total. The Kier molecular flexibility index (Phi) is 3.27. The number of benzene rings is 1. The van der Waals surface area contributed by atoms with E-state index in [2.05, 4.69) is 4.98 Å². The number of aromatic amines is 1. The molecule has 3 N–H and O–H groups in total. The van der Waals surface area contributed by atoms with Crippen molar-refractivity contribution in [1.82, 2.24) is 4.98 Å². The van der Waals surface area contributed by atoms with E-state index in [4.69, 9.17) is 17.3 Å². The molecule has 1 aromatic carbocycles. The minimum absolute atomic E-state index is 0.162. The highest BCUT2D eigenvalue weighted by Gasteiger charge is 2.17. The predicted octanol–water partition coefficient (Wildman–Crippen LogP) is 2.90. The molecular formula is C12H12ClFN2. The van der Waals surface area contributed by atoms with E-state index in [9.17, 15) is 4.39 Å². The van der Waals surface area contributed by atoms with E-state index in [1.807, 2.05) is 12.3 Å². The SMILES string of the molecule is NCC(c1cc[nH]c1)c1cc(Cl)ccc1F. The van der Waals surface area contributed by atoms with Crippen LogP contribution < -0.4 is 5.73 Å². The van der Waals surface area contributed by atoms with Crippen molar-refractivity contribution in [3.63, 3.8) is 0 Å². The van der Waals surface area contributed by atoms with Crippen molar-refractivity contribution in [2.45, 2.75) is 5.92 Å². The van der Waals surface area contributed by atoms with Crippen LogP contribution in [0.3, 0.4) is 0 Å². The summed E-state index contributed by atoms with van der Waals surface area (Å²) in [4.78, 5) is 2.94. The molecule has 4 heteroatoms. The zero-order valence-corrected chi connectivity index (χ0v) is 9.34. The summed E-state index contributed by atoms with van der Waals surface area (Å²) in [5.74, 6) is -0.439. The first kappa shape index (κ1) is 11.2. The fraction of sp³-hybridized carbons (Fsp3) is 0.167. The van der Waals surface area contributed by atoms with Crippen molar-refractivity contribution < 1.29 is 4.39 Å². The van der Waals surface area contributed by atoms with E-state index in [1.165, 1.54) is 12.1 Å². The lowest BCUT2D eigenvalue weighted by Crippen LogP contribution is -2.14. The third kappa shape index (κ3) is 2.10. The highest BCUT2D eigenvalue weighted by atomic mass is 35.5. The molecule has 2 aromatic rings. The zero-order chi connectivity index (χ0) is 11.5. The smallest absolute Gasteiger partial charge is 0.127 e. The molecule has 0 saturated carbocycles. The van der Waals surface area contributed by atoms with E-state index in [1.54, 1.807) is 12.3 Å². The summed E-state index contributed by atoms with van der Waals surface area (Å²) >= 11 is 5.86. The summed E-state index contributed by atoms with van der Waals surface area (Å²) < 4.78 is 13.7. The first-order valence-corrected chi connectivity index (χ1v) is 5.38. The highest BCUT2D eigenvalue weighted by Crippen LogP contribution is 2.27. The van der Waals surface area contributed by atoms with Crippen LogP contribution in [0.15, 0.2) is 36.7 Å². The Labute approximate surface area is 98.2 Å². The largest absolute Gasteiger partial charge is 0.367 e. The number of rotatable bonds is 3. The lowest BCUT2D eigenvalue weighted by molar-refractivity contribution is 0.597. The lowest BCUT2D eigenvalue weighted by Gasteiger charge is -2.15. The molecule has 16 heavy (non-hydrogen) atoms. The average Bonchev–Trinajstić information content (AvgIpc) is 2.78. The van der Waals surface area contributed by atoms with Crippen LogP contribution in [0.25, 0.3) is 0 Å². The molecule has 84 valence electrons. The summed E-state index contributed by atoms with van der Waals surface area (Å²) in [5.41, 5.74) is 7.19. The van der Waals surface area contributed by atoms with Gasteiger partial charge in [0.25, 0.3) is 0 Å². The molecule has 1 unspecified atom stereocenters. The topological polar surface area (TPSA) is 41.8 Å². The van der Waals surface area contributed by atoms with E-state index >= 15 is 0 Å². The molecule has 0 fully saturated rings. The van der Waals surface area contributed by atoms with Crippen molar-refractivity contribution in [2.75, 3.05) is 6.54 Å².